The zero-order chi connectivity index (χ0) is 22.6. The Balaban J connectivity index is 1.51. The standard InChI is InChI=1S/C23H25ClN4O2S2/c1-15-18-12-16(24)4-7-22(18)31-23(15)32(29,30)25-17-5-6-20-19(13-17)21(14-27(20)3)28-10-8-26(2)9-11-28/h4-7,12-14,25H,8-11H2,1-3H3. The van der Waals surface area contributed by atoms with Gasteiger partial charge in [0.05, 0.1) is 11.2 Å². The number of piperazine rings is 1. The lowest BCUT2D eigenvalue weighted by Crippen LogP contribution is -2.44. The van der Waals surface area contributed by atoms with E-state index in [0.717, 1.165) is 58.4 Å². The van der Waals surface area contributed by atoms with E-state index >= 15 is 0 Å². The van der Waals surface area contributed by atoms with Crippen LogP contribution in [0.15, 0.2) is 46.8 Å². The van der Waals surface area contributed by atoms with Gasteiger partial charge in [0.2, 0.25) is 0 Å². The number of sulfonamides is 1. The Bertz CT molecular complexity index is 1430. The Kier molecular flexibility index (Phi) is 5.36. The van der Waals surface area contributed by atoms with Crippen LogP contribution in [0, 0.1) is 6.92 Å². The molecule has 32 heavy (non-hydrogen) atoms. The first-order valence-corrected chi connectivity index (χ1v) is 13.1. The third-order valence-corrected chi connectivity index (χ3v) is 9.67. The van der Waals surface area contributed by atoms with Crippen LogP contribution in [-0.2, 0) is 17.1 Å². The van der Waals surface area contributed by atoms with Crippen molar-refractivity contribution in [2.75, 3.05) is 42.8 Å². The Morgan fingerprint density at radius 1 is 1.00 bits per heavy atom. The Hall–Kier alpha value is -2.26. The molecule has 2 aromatic heterocycles. The highest BCUT2D eigenvalue weighted by molar-refractivity contribution is 7.94. The second kappa shape index (κ2) is 7.95. The number of nitrogens with zero attached hydrogens (tertiary/aromatic N) is 3. The number of hydrogen-bond acceptors (Lipinski definition) is 5. The molecule has 1 saturated heterocycles. The Morgan fingerprint density at radius 2 is 1.75 bits per heavy atom. The SMILES string of the molecule is Cc1c(S(=O)(=O)Nc2ccc3c(c2)c(N2CCN(C)CC2)cn3C)sc2ccc(Cl)cc12. The van der Waals surface area contributed by atoms with Gasteiger partial charge in [-0.2, -0.15) is 0 Å². The van der Waals surface area contributed by atoms with Gasteiger partial charge in [-0.25, -0.2) is 8.42 Å². The first kappa shape index (κ1) is 21.6. The van der Waals surface area contributed by atoms with E-state index in [-0.39, 0.29) is 0 Å². The van der Waals surface area contributed by atoms with Crippen LogP contribution in [-0.4, -0.2) is 51.1 Å². The van der Waals surface area contributed by atoms with E-state index in [0.29, 0.717) is 14.9 Å². The van der Waals surface area contributed by atoms with Crippen LogP contribution in [0.1, 0.15) is 5.56 Å². The van der Waals surface area contributed by atoms with Crippen molar-refractivity contribution in [3.8, 4) is 0 Å². The van der Waals surface area contributed by atoms with E-state index in [9.17, 15) is 8.42 Å². The summed E-state index contributed by atoms with van der Waals surface area (Å²) < 4.78 is 32.7. The summed E-state index contributed by atoms with van der Waals surface area (Å²) in [5.41, 5.74) is 3.51. The lowest BCUT2D eigenvalue weighted by Gasteiger charge is -2.33. The van der Waals surface area contributed by atoms with Crippen LogP contribution in [0.5, 0.6) is 0 Å². The van der Waals surface area contributed by atoms with Crippen molar-refractivity contribution in [1.82, 2.24) is 9.47 Å². The number of rotatable bonds is 4. The Labute approximate surface area is 197 Å². The molecule has 0 radical (unpaired) electrons. The summed E-state index contributed by atoms with van der Waals surface area (Å²) in [6.45, 7) is 5.76. The summed E-state index contributed by atoms with van der Waals surface area (Å²) in [5.74, 6) is 0. The number of aryl methyl sites for hydroxylation is 2. The molecule has 9 heteroatoms. The van der Waals surface area contributed by atoms with E-state index in [2.05, 4.69) is 32.3 Å². The predicted octanol–water partition coefficient (Wildman–Crippen LogP) is 4.91. The maximum atomic E-state index is 13.3. The summed E-state index contributed by atoms with van der Waals surface area (Å²) in [6.07, 6.45) is 2.13. The van der Waals surface area contributed by atoms with Gasteiger partial charge in [0.25, 0.3) is 10.0 Å². The second-order valence-electron chi connectivity index (χ2n) is 8.41. The van der Waals surface area contributed by atoms with Crippen LogP contribution < -0.4 is 9.62 Å². The van der Waals surface area contributed by atoms with Crippen molar-refractivity contribution in [2.24, 2.45) is 7.05 Å². The summed E-state index contributed by atoms with van der Waals surface area (Å²) in [4.78, 5) is 4.70. The normalized spacial score (nSPS) is 15.7. The molecular formula is C23H25ClN4O2S2. The van der Waals surface area contributed by atoms with Gasteiger partial charge in [0.15, 0.2) is 0 Å². The van der Waals surface area contributed by atoms with E-state index in [1.54, 1.807) is 6.07 Å². The topological polar surface area (TPSA) is 57.6 Å². The molecule has 0 unspecified atom stereocenters. The molecule has 0 spiro atoms. The fourth-order valence-electron chi connectivity index (χ4n) is 4.36. The number of thiophene rings is 1. The molecule has 0 saturated carbocycles. The van der Waals surface area contributed by atoms with Crippen molar-refractivity contribution >= 4 is 65.3 Å². The molecule has 168 valence electrons. The smallest absolute Gasteiger partial charge is 0.271 e. The van der Waals surface area contributed by atoms with Crippen LogP contribution in [0.4, 0.5) is 11.4 Å². The highest BCUT2D eigenvalue weighted by Crippen LogP contribution is 2.37. The van der Waals surface area contributed by atoms with Gasteiger partial charge in [0, 0.05) is 60.2 Å². The third kappa shape index (κ3) is 3.75. The van der Waals surface area contributed by atoms with Crippen molar-refractivity contribution in [3.63, 3.8) is 0 Å². The summed E-state index contributed by atoms with van der Waals surface area (Å²) in [7, 11) is 0.434. The van der Waals surface area contributed by atoms with Gasteiger partial charge < -0.3 is 14.4 Å². The first-order valence-electron chi connectivity index (χ1n) is 10.5. The van der Waals surface area contributed by atoms with Gasteiger partial charge >= 0.3 is 0 Å². The Morgan fingerprint density at radius 3 is 2.50 bits per heavy atom. The maximum absolute atomic E-state index is 13.3. The minimum absolute atomic E-state index is 0.321. The van der Waals surface area contributed by atoms with E-state index in [1.807, 2.05) is 44.3 Å². The average molecular weight is 489 g/mol. The minimum atomic E-state index is -3.73. The molecule has 6 nitrogen and oxygen atoms in total. The third-order valence-electron chi connectivity index (χ3n) is 6.16. The zero-order valence-corrected chi connectivity index (χ0v) is 20.6. The number of halogens is 1. The van der Waals surface area contributed by atoms with E-state index in [1.165, 1.54) is 11.3 Å². The molecular weight excluding hydrogens is 464 g/mol. The summed E-state index contributed by atoms with van der Waals surface area (Å²) in [5, 5.41) is 2.53. The number of benzene rings is 2. The van der Waals surface area contributed by atoms with Gasteiger partial charge in [-0.15, -0.1) is 11.3 Å². The van der Waals surface area contributed by atoms with Gasteiger partial charge in [0.1, 0.15) is 4.21 Å². The molecule has 0 bridgehead atoms. The molecule has 1 aliphatic rings. The molecule has 1 fully saturated rings. The van der Waals surface area contributed by atoms with Crippen molar-refractivity contribution in [2.45, 2.75) is 11.1 Å². The monoisotopic (exact) mass is 488 g/mol. The lowest BCUT2D eigenvalue weighted by molar-refractivity contribution is 0.313. The first-order chi connectivity index (χ1) is 15.2. The molecule has 3 heterocycles. The largest absolute Gasteiger partial charge is 0.367 e. The van der Waals surface area contributed by atoms with Crippen LogP contribution in [0.3, 0.4) is 0 Å². The molecule has 0 amide bonds. The minimum Gasteiger partial charge on any atom is -0.367 e. The molecule has 1 aliphatic heterocycles. The predicted molar refractivity (Wildman–Crippen MR) is 135 cm³/mol. The number of hydrogen-bond donors (Lipinski definition) is 1. The number of anilines is 2. The zero-order valence-electron chi connectivity index (χ0n) is 18.2. The van der Waals surface area contributed by atoms with Crippen molar-refractivity contribution < 1.29 is 8.42 Å². The quantitative estimate of drug-likeness (QED) is 0.443. The summed E-state index contributed by atoms with van der Waals surface area (Å²) >= 11 is 7.39. The molecule has 5 rings (SSSR count). The molecule has 0 atom stereocenters. The van der Waals surface area contributed by atoms with Gasteiger partial charge in [-0.1, -0.05) is 11.6 Å². The van der Waals surface area contributed by atoms with Gasteiger partial charge in [-0.3, -0.25) is 4.72 Å². The fourth-order valence-corrected chi connectivity index (χ4v) is 7.33. The molecule has 0 aliphatic carbocycles. The maximum Gasteiger partial charge on any atom is 0.271 e. The van der Waals surface area contributed by atoms with Crippen molar-refractivity contribution in [1.29, 1.82) is 0 Å². The molecule has 4 aromatic rings. The average Bonchev–Trinajstić information content (AvgIpc) is 3.26. The number of fused-ring (bicyclic) bond motifs is 2. The fraction of sp³-hybridized carbons (Fsp3) is 0.304. The summed E-state index contributed by atoms with van der Waals surface area (Å²) in [6, 6.07) is 11.2. The van der Waals surface area contributed by atoms with Crippen LogP contribution in [0.2, 0.25) is 5.02 Å². The number of nitrogens with one attached hydrogen (secondary N) is 1. The second-order valence-corrected chi connectivity index (χ2v) is 11.8. The van der Waals surface area contributed by atoms with Crippen LogP contribution >= 0.6 is 22.9 Å². The molecule has 2 aromatic carbocycles. The molecule has 1 N–H and O–H groups in total. The number of likely N-dealkylation sites (N-methyl/N-ethyl adjacent to an activating group) is 1. The van der Waals surface area contributed by atoms with Crippen molar-refractivity contribution in [3.05, 3.63) is 53.2 Å². The van der Waals surface area contributed by atoms with E-state index < -0.39 is 10.0 Å². The highest BCUT2D eigenvalue weighted by Gasteiger charge is 2.23. The van der Waals surface area contributed by atoms with Crippen LogP contribution in [0.25, 0.3) is 21.0 Å². The number of aromatic nitrogens is 1. The highest BCUT2D eigenvalue weighted by atomic mass is 35.5. The van der Waals surface area contributed by atoms with E-state index in [4.69, 9.17) is 11.6 Å². The lowest BCUT2D eigenvalue weighted by atomic mass is 10.2. The van der Waals surface area contributed by atoms with Gasteiger partial charge in [-0.05, 0) is 61.3 Å².